The summed E-state index contributed by atoms with van der Waals surface area (Å²) in [6, 6.07) is 0.0653. The van der Waals surface area contributed by atoms with Crippen LogP contribution < -0.4 is 5.32 Å². The Hall–Kier alpha value is -0.610. The molecule has 0 aliphatic carbocycles. The molecule has 1 N–H and O–H groups in total. The number of likely N-dealkylation sites (N-methyl/N-ethyl adjacent to an activating group) is 1. The third-order valence-electron chi connectivity index (χ3n) is 3.13. The zero-order chi connectivity index (χ0) is 11.3. The van der Waals surface area contributed by atoms with Crippen molar-refractivity contribution in [3.8, 4) is 0 Å². The molecule has 0 aromatic rings. The predicted octanol–water partition coefficient (Wildman–Crippen LogP) is 0.149. The second-order valence-electron chi connectivity index (χ2n) is 4.09. The molecule has 1 fully saturated rings. The van der Waals surface area contributed by atoms with Gasteiger partial charge in [-0.15, -0.1) is 0 Å². The summed E-state index contributed by atoms with van der Waals surface area (Å²) in [5.41, 5.74) is 0. The third kappa shape index (κ3) is 3.18. The highest BCUT2D eigenvalue weighted by Crippen LogP contribution is 2.10. The van der Waals surface area contributed by atoms with E-state index in [0.29, 0.717) is 0 Å². The van der Waals surface area contributed by atoms with Crippen LogP contribution in [0.1, 0.15) is 20.3 Å². The molecule has 4 heteroatoms. The van der Waals surface area contributed by atoms with Gasteiger partial charge in [0.2, 0.25) is 5.91 Å². The van der Waals surface area contributed by atoms with Crippen LogP contribution in [-0.4, -0.2) is 61.5 Å². The van der Waals surface area contributed by atoms with Crippen molar-refractivity contribution >= 4 is 5.91 Å². The van der Waals surface area contributed by atoms with Gasteiger partial charge in [-0.05, 0) is 33.9 Å². The average molecular weight is 213 g/mol. The molecule has 1 amide bonds. The highest BCUT2D eigenvalue weighted by atomic mass is 16.2. The van der Waals surface area contributed by atoms with Crippen LogP contribution in [0.3, 0.4) is 0 Å². The lowest BCUT2D eigenvalue weighted by atomic mass is 10.1. The van der Waals surface area contributed by atoms with Gasteiger partial charge in [0, 0.05) is 26.2 Å². The summed E-state index contributed by atoms with van der Waals surface area (Å²) in [6.45, 7) is 8.85. The summed E-state index contributed by atoms with van der Waals surface area (Å²) in [7, 11) is 1.96. The van der Waals surface area contributed by atoms with Gasteiger partial charge in [-0.25, -0.2) is 0 Å². The number of hydrogen-bond donors (Lipinski definition) is 1. The van der Waals surface area contributed by atoms with E-state index in [1.165, 1.54) is 0 Å². The SMILES string of the molecule is CCN1CCN(CCCNC)C(C)C1=O. The molecule has 1 atom stereocenters. The minimum absolute atomic E-state index is 0.0653. The van der Waals surface area contributed by atoms with Crippen LogP contribution >= 0.6 is 0 Å². The zero-order valence-corrected chi connectivity index (χ0v) is 10.1. The molecular weight excluding hydrogens is 190 g/mol. The Balaban J connectivity index is 2.38. The fourth-order valence-corrected chi connectivity index (χ4v) is 2.05. The summed E-state index contributed by atoms with van der Waals surface area (Å²) in [4.78, 5) is 16.1. The van der Waals surface area contributed by atoms with Gasteiger partial charge in [0.05, 0.1) is 6.04 Å². The van der Waals surface area contributed by atoms with Crippen molar-refractivity contribution in [3.63, 3.8) is 0 Å². The fraction of sp³-hybridized carbons (Fsp3) is 0.909. The minimum atomic E-state index is 0.0653. The monoisotopic (exact) mass is 213 g/mol. The molecule has 0 aromatic heterocycles. The number of piperazine rings is 1. The van der Waals surface area contributed by atoms with Gasteiger partial charge < -0.3 is 10.2 Å². The molecule has 4 nitrogen and oxygen atoms in total. The maximum atomic E-state index is 11.9. The summed E-state index contributed by atoms with van der Waals surface area (Å²) < 4.78 is 0. The summed E-state index contributed by atoms with van der Waals surface area (Å²) in [5.74, 6) is 0.285. The second kappa shape index (κ2) is 6.08. The van der Waals surface area contributed by atoms with E-state index in [1.807, 2.05) is 25.8 Å². The molecule has 0 radical (unpaired) electrons. The third-order valence-corrected chi connectivity index (χ3v) is 3.13. The van der Waals surface area contributed by atoms with Gasteiger partial charge in [-0.2, -0.15) is 0 Å². The molecule has 0 aromatic carbocycles. The Bertz CT molecular complexity index is 206. The van der Waals surface area contributed by atoms with Gasteiger partial charge in [-0.1, -0.05) is 0 Å². The van der Waals surface area contributed by atoms with E-state index in [1.54, 1.807) is 0 Å². The van der Waals surface area contributed by atoms with Crippen LogP contribution in [0.25, 0.3) is 0 Å². The van der Waals surface area contributed by atoms with Crippen molar-refractivity contribution in [1.29, 1.82) is 0 Å². The molecule has 0 spiro atoms. The number of nitrogens with zero attached hydrogens (tertiary/aromatic N) is 2. The number of nitrogens with one attached hydrogen (secondary N) is 1. The number of carbonyl (C=O) groups excluding carboxylic acids is 1. The molecule has 1 aliphatic rings. The van der Waals surface area contributed by atoms with Crippen molar-refractivity contribution in [2.45, 2.75) is 26.3 Å². The molecule has 1 rings (SSSR count). The lowest BCUT2D eigenvalue weighted by Gasteiger charge is -2.38. The van der Waals surface area contributed by atoms with E-state index < -0.39 is 0 Å². The molecule has 15 heavy (non-hydrogen) atoms. The van der Waals surface area contributed by atoms with E-state index in [2.05, 4.69) is 10.2 Å². The molecule has 1 heterocycles. The van der Waals surface area contributed by atoms with Gasteiger partial charge in [-0.3, -0.25) is 9.69 Å². The molecule has 0 saturated carbocycles. The largest absolute Gasteiger partial charge is 0.340 e. The first-order chi connectivity index (χ1) is 7.20. The Morgan fingerprint density at radius 2 is 2.20 bits per heavy atom. The Morgan fingerprint density at radius 3 is 2.80 bits per heavy atom. The Kier molecular flexibility index (Phi) is 5.05. The summed E-state index contributed by atoms with van der Waals surface area (Å²) in [5, 5.41) is 3.13. The van der Waals surface area contributed by atoms with Crippen molar-refractivity contribution in [2.75, 3.05) is 39.8 Å². The smallest absolute Gasteiger partial charge is 0.239 e. The average Bonchev–Trinajstić information content (AvgIpc) is 2.25. The Morgan fingerprint density at radius 1 is 1.47 bits per heavy atom. The quantitative estimate of drug-likeness (QED) is 0.660. The van der Waals surface area contributed by atoms with E-state index in [4.69, 9.17) is 0 Å². The lowest BCUT2D eigenvalue weighted by molar-refractivity contribution is -0.140. The number of amides is 1. The van der Waals surface area contributed by atoms with Crippen molar-refractivity contribution < 1.29 is 4.79 Å². The lowest BCUT2D eigenvalue weighted by Crippen LogP contribution is -2.55. The standard InChI is InChI=1S/C11H23N3O/c1-4-13-8-9-14(7-5-6-12-3)10(2)11(13)15/h10,12H,4-9H2,1-3H3. The van der Waals surface area contributed by atoms with Gasteiger partial charge in [0.25, 0.3) is 0 Å². The molecule has 88 valence electrons. The van der Waals surface area contributed by atoms with E-state index in [0.717, 1.165) is 39.1 Å². The van der Waals surface area contributed by atoms with Crippen LogP contribution in [0.15, 0.2) is 0 Å². The van der Waals surface area contributed by atoms with Crippen LogP contribution in [0.2, 0.25) is 0 Å². The fourth-order valence-electron chi connectivity index (χ4n) is 2.05. The van der Waals surface area contributed by atoms with E-state index in [-0.39, 0.29) is 11.9 Å². The molecule has 1 aliphatic heterocycles. The second-order valence-corrected chi connectivity index (χ2v) is 4.09. The first-order valence-corrected chi connectivity index (χ1v) is 5.88. The van der Waals surface area contributed by atoms with Crippen LogP contribution in [0.4, 0.5) is 0 Å². The highest BCUT2D eigenvalue weighted by Gasteiger charge is 2.29. The predicted molar refractivity (Wildman–Crippen MR) is 61.8 cm³/mol. The summed E-state index contributed by atoms with van der Waals surface area (Å²) >= 11 is 0. The molecule has 0 bridgehead atoms. The number of rotatable bonds is 5. The first-order valence-electron chi connectivity index (χ1n) is 5.88. The van der Waals surface area contributed by atoms with E-state index in [9.17, 15) is 4.79 Å². The number of hydrogen-bond acceptors (Lipinski definition) is 3. The maximum absolute atomic E-state index is 11.9. The van der Waals surface area contributed by atoms with E-state index >= 15 is 0 Å². The van der Waals surface area contributed by atoms with Gasteiger partial charge in [0.1, 0.15) is 0 Å². The van der Waals surface area contributed by atoms with Crippen molar-refractivity contribution in [3.05, 3.63) is 0 Å². The molecule has 1 saturated heterocycles. The highest BCUT2D eigenvalue weighted by molar-refractivity contribution is 5.82. The van der Waals surface area contributed by atoms with Crippen LogP contribution in [0, 0.1) is 0 Å². The minimum Gasteiger partial charge on any atom is -0.340 e. The van der Waals surface area contributed by atoms with Crippen molar-refractivity contribution in [2.24, 2.45) is 0 Å². The summed E-state index contributed by atoms with van der Waals surface area (Å²) in [6.07, 6.45) is 1.11. The van der Waals surface area contributed by atoms with Gasteiger partial charge in [0.15, 0.2) is 0 Å². The topological polar surface area (TPSA) is 35.6 Å². The van der Waals surface area contributed by atoms with Crippen molar-refractivity contribution in [1.82, 2.24) is 15.1 Å². The first kappa shape index (κ1) is 12.5. The molecular formula is C11H23N3O. The normalized spacial score (nSPS) is 23.5. The number of carbonyl (C=O) groups is 1. The zero-order valence-electron chi connectivity index (χ0n) is 10.1. The molecule has 1 unspecified atom stereocenters. The Labute approximate surface area is 92.6 Å². The van der Waals surface area contributed by atoms with Crippen LogP contribution in [-0.2, 0) is 4.79 Å². The van der Waals surface area contributed by atoms with Gasteiger partial charge >= 0.3 is 0 Å². The maximum Gasteiger partial charge on any atom is 0.239 e. The van der Waals surface area contributed by atoms with Crippen LogP contribution in [0.5, 0.6) is 0 Å².